The molecule has 8 heteroatoms. The highest BCUT2D eigenvalue weighted by atomic mass is 32.2. The lowest BCUT2D eigenvalue weighted by Gasteiger charge is -2.29. The van der Waals surface area contributed by atoms with Crippen LogP contribution in [0, 0.1) is 5.92 Å². The summed E-state index contributed by atoms with van der Waals surface area (Å²) in [4.78, 5) is 12.3. The van der Waals surface area contributed by atoms with Crippen molar-refractivity contribution >= 4 is 21.6 Å². The summed E-state index contributed by atoms with van der Waals surface area (Å²) in [5.74, 6) is -0.224. The Bertz CT molecular complexity index is 637. The molecule has 1 amide bonds. The second-order valence-electron chi connectivity index (χ2n) is 6.77. The van der Waals surface area contributed by atoms with Gasteiger partial charge in [0.2, 0.25) is 15.9 Å². The van der Waals surface area contributed by atoms with Crippen molar-refractivity contribution < 1.29 is 13.2 Å². The average Bonchev–Trinajstić information content (AvgIpc) is 2.86. The van der Waals surface area contributed by atoms with Crippen LogP contribution in [-0.4, -0.2) is 47.8 Å². The first-order chi connectivity index (χ1) is 10.1. The van der Waals surface area contributed by atoms with Crippen molar-refractivity contribution in [3.63, 3.8) is 0 Å². The Morgan fingerprint density at radius 2 is 1.91 bits per heavy atom. The van der Waals surface area contributed by atoms with Crippen molar-refractivity contribution in [2.75, 3.05) is 24.7 Å². The van der Waals surface area contributed by atoms with E-state index in [1.807, 2.05) is 27.0 Å². The lowest BCUT2D eigenvalue weighted by molar-refractivity contribution is -0.120. The molecule has 0 radical (unpaired) electrons. The van der Waals surface area contributed by atoms with Crippen LogP contribution in [-0.2, 0) is 20.4 Å². The summed E-state index contributed by atoms with van der Waals surface area (Å²) in [6.45, 7) is 6.90. The minimum atomic E-state index is -3.16. The van der Waals surface area contributed by atoms with Gasteiger partial charge in [-0.05, 0) is 33.6 Å². The van der Waals surface area contributed by atoms with Gasteiger partial charge in [-0.1, -0.05) is 0 Å². The van der Waals surface area contributed by atoms with Gasteiger partial charge in [-0.3, -0.25) is 9.48 Å². The fourth-order valence-electron chi connectivity index (χ4n) is 2.45. The largest absolute Gasteiger partial charge is 0.323 e. The predicted octanol–water partition coefficient (Wildman–Crippen LogP) is 1.25. The van der Waals surface area contributed by atoms with Gasteiger partial charge in [0.25, 0.3) is 0 Å². The summed E-state index contributed by atoms with van der Waals surface area (Å²) < 4.78 is 26.2. The van der Waals surface area contributed by atoms with E-state index in [0.717, 1.165) is 0 Å². The van der Waals surface area contributed by atoms with Crippen LogP contribution in [0.15, 0.2) is 12.4 Å². The highest BCUT2D eigenvalue weighted by molar-refractivity contribution is 7.88. The minimum Gasteiger partial charge on any atom is -0.323 e. The first kappa shape index (κ1) is 17.0. The molecule has 2 rings (SSSR count). The summed E-state index contributed by atoms with van der Waals surface area (Å²) in [6.07, 6.45) is 5.74. The van der Waals surface area contributed by atoms with E-state index in [-0.39, 0.29) is 17.4 Å². The molecular formula is C14H24N4O3S. The van der Waals surface area contributed by atoms with Gasteiger partial charge < -0.3 is 5.32 Å². The van der Waals surface area contributed by atoms with E-state index in [2.05, 4.69) is 10.4 Å². The molecule has 0 saturated carbocycles. The second-order valence-corrected chi connectivity index (χ2v) is 8.75. The summed E-state index contributed by atoms with van der Waals surface area (Å²) >= 11 is 0. The predicted molar refractivity (Wildman–Crippen MR) is 85.0 cm³/mol. The zero-order valence-corrected chi connectivity index (χ0v) is 14.4. The molecule has 1 N–H and O–H groups in total. The summed E-state index contributed by atoms with van der Waals surface area (Å²) in [5.41, 5.74) is 0.537. The molecule has 1 aliphatic rings. The Labute approximate surface area is 131 Å². The van der Waals surface area contributed by atoms with Crippen molar-refractivity contribution in [2.24, 2.45) is 5.92 Å². The van der Waals surface area contributed by atoms with Gasteiger partial charge in [-0.25, -0.2) is 12.7 Å². The van der Waals surface area contributed by atoms with E-state index >= 15 is 0 Å². The summed E-state index contributed by atoms with van der Waals surface area (Å²) in [6, 6.07) is 0. The first-order valence-corrected chi connectivity index (χ1v) is 9.23. The third-order valence-electron chi connectivity index (χ3n) is 3.83. The number of hydrogen-bond acceptors (Lipinski definition) is 4. The summed E-state index contributed by atoms with van der Waals surface area (Å²) in [7, 11) is -3.16. The topological polar surface area (TPSA) is 84.3 Å². The molecule has 1 aliphatic heterocycles. The number of nitrogens with one attached hydrogen (secondary N) is 1. The molecule has 0 atom stereocenters. The van der Waals surface area contributed by atoms with Crippen molar-refractivity contribution in [1.82, 2.24) is 14.1 Å². The highest BCUT2D eigenvalue weighted by Crippen LogP contribution is 2.22. The van der Waals surface area contributed by atoms with Gasteiger partial charge in [0.1, 0.15) is 0 Å². The number of sulfonamides is 1. The van der Waals surface area contributed by atoms with Crippen LogP contribution < -0.4 is 5.32 Å². The molecule has 7 nitrogen and oxygen atoms in total. The Balaban J connectivity index is 1.93. The molecule has 1 saturated heterocycles. The minimum absolute atomic E-state index is 0.0680. The van der Waals surface area contributed by atoms with E-state index in [1.54, 1.807) is 10.9 Å². The number of nitrogens with zero attached hydrogens (tertiary/aromatic N) is 3. The van der Waals surface area contributed by atoms with E-state index < -0.39 is 10.0 Å². The maximum Gasteiger partial charge on any atom is 0.227 e. The van der Waals surface area contributed by atoms with Crippen molar-refractivity contribution in [3.8, 4) is 0 Å². The molecule has 0 bridgehead atoms. The molecule has 0 spiro atoms. The van der Waals surface area contributed by atoms with Gasteiger partial charge in [0.05, 0.1) is 23.7 Å². The molecule has 124 valence electrons. The standard InChI is InChI=1S/C14H24N4O3S/c1-14(2,3)18-10-12(9-15-18)16-13(19)11-5-7-17(8-6-11)22(4,20)21/h9-11H,5-8H2,1-4H3,(H,16,19). The van der Waals surface area contributed by atoms with Gasteiger partial charge >= 0.3 is 0 Å². The zero-order valence-electron chi connectivity index (χ0n) is 13.5. The molecule has 1 aromatic rings. The third kappa shape index (κ3) is 4.07. The van der Waals surface area contributed by atoms with Crippen LogP contribution in [0.5, 0.6) is 0 Å². The third-order valence-corrected chi connectivity index (χ3v) is 5.13. The number of carbonyl (C=O) groups is 1. The number of hydrogen-bond donors (Lipinski definition) is 1. The molecular weight excluding hydrogens is 304 g/mol. The van der Waals surface area contributed by atoms with Gasteiger partial charge in [0.15, 0.2) is 0 Å². The van der Waals surface area contributed by atoms with Crippen LogP contribution in [0.2, 0.25) is 0 Å². The van der Waals surface area contributed by atoms with E-state index in [1.165, 1.54) is 10.6 Å². The van der Waals surface area contributed by atoms with E-state index in [9.17, 15) is 13.2 Å². The van der Waals surface area contributed by atoms with E-state index in [4.69, 9.17) is 0 Å². The van der Waals surface area contributed by atoms with Crippen LogP contribution in [0.25, 0.3) is 0 Å². The lowest BCUT2D eigenvalue weighted by Crippen LogP contribution is -2.40. The zero-order chi connectivity index (χ0) is 16.5. The summed E-state index contributed by atoms with van der Waals surface area (Å²) in [5, 5.41) is 7.11. The monoisotopic (exact) mass is 328 g/mol. The van der Waals surface area contributed by atoms with Gasteiger partial charge in [-0.2, -0.15) is 5.10 Å². The Hall–Kier alpha value is -1.41. The van der Waals surface area contributed by atoms with Crippen LogP contribution in [0.4, 0.5) is 5.69 Å². The number of carbonyl (C=O) groups excluding carboxylic acids is 1. The Morgan fingerprint density at radius 1 is 1.32 bits per heavy atom. The Kier molecular flexibility index (Phi) is 4.62. The normalized spacial score (nSPS) is 18.4. The van der Waals surface area contributed by atoms with Crippen LogP contribution >= 0.6 is 0 Å². The number of rotatable bonds is 3. The van der Waals surface area contributed by atoms with E-state index in [0.29, 0.717) is 31.6 Å². The fourth-order valence-corrected chi connectivity index (χ4v) is 3.32. The molecule has 0 unspecified atom stereocenters. The van der Waals surface area contributed by atoms with Crippen molar-refractivity contribution in [1.29, 1.82) is 0 Å². The maximum absolute atomic E-state index is 12.3. The number of piperidine rings is 1. The quantitative estimate of drug-likeness (QED) is 0.905. The molecule has 0 aromatic carbocycles. The number of aromatic nitrogens is 2. The molecule has 1 aromatic heterocycles. The number of anilines is 1. The molecule has 2 heterocycles. The van der Waals surface area contributed by atoms with Crippen molar-refractivity contribution in [3.05, 3.63) is 12.4 Å². The Morgan fingerprint density at radius 3 is 2.36 bits per heavy atom. The molecule has 1 fully saturated rings. The molecule has 22 heavy (non-hydrogen) atoms. The maximum atomic E-state index is 12.3. The van der Waals surface area contributed by atoms with Crippen LogP contribution in [0.1, 0.15) is 33.6 Å². The fraction of sp³-hybridized carbons (Fsp3) is 0.714. The smallest absolute Gasteiger partial charge is 0.227 e. The highest BCUT2D eigenvalue weighted by Gasteiger charge is 2.29. The van der Waals surface area contributed by atoms with Gasteiger partial charge in [-0.15, -0.1) is 0 Å². The van der Waals surface area contributed by atoms with Gasteiger partial charge in [0, 0.05) is 25.2 Å². The second kappa shape index (κ2) is 6.00. The SMILES string of the molecule is CC(C)(C)n1cc(NC(=O)C2CCN(S(C)(=O)=O)CC2)cn1. The average molecular weight is 328 g/mol. The molecule has 0 aliphatic carbocycles. The first-order valence-electron chi connectivity index (χ1n) is 7.38. The lowest BCUT2D eigenvalue weighted by atomic mass is 9.97. The number of amides is 1. The van der Waals surface area contributed by atoms with Crippen molar-refractivity contribution in [2.45, 2.75) is 39.2 Å². The van der Waals surface area contributed by atoms with Crippen LogP contribution in [0.3, 0.4) is 0 Å².